The van der Waals surface area contributed by atoms with Gasteiger partial charge in [-0.15, -0.1) is 0 Å². The van der Waals surface area contributed by atoms with Crippen molar-refractivity contribution in [3.05, 3.63) is 66.1 Å². The number of aromatic nitrogens is 4. The minimum absolute atomic E-state index is 0.0140. The molecule has 2 bridgehead atoms. The third-order valence-corrected chi connectivity index (χ3v) is 6.37. The number of aliphatic hydroxyl groups is 1. The van der Waals surface area contributed by atoms with E-state index in [0.29, 0.717) is 36.1 Å². The molecule has 11 heteroatoms. The fraction of sp³-hybridized carbons (Fsp3) is 0.391. The van der Waals surface area contributed by atoms with Crippen molar-refractivity contribution in [2.75, 3.05) is 6.54 Å². The molecule has 2 aliphatic heterocycles. The van der Waals surface area contributed by atoms with Gasteiger partial charge >= 0.3 is 6.18 Å². The first-order valence-corrected chi connectivity index (χ1v) is 10.9. The van der Waals surface area contributed by atoms with Gasteiger partial charge in [0, 0.05) is 23.7 Å². The van der Waals surface area contributed by atoms with E-state index in [2.05, 4.69) is 19.9 Å². The molecule has 3 aromatic rings. The van der Waals surface area contributed by atoms with E-state index >= 15 is 0 Å². The summed E-state index contributed by atoms with van der Waals surface area (Å²) in [6.07, 6.45) is 0.286. The van der Waals surface area contributed by atoms with Crippen LogP contribution in [0.2, 0.25) is 0 Å². The van der Waals surface area contributed by atoms with E-state index in [4.69, 9.17) is 4.74 Å². The fourth-order valence-electron chi connectivity index (χ4n) is 4.82. The van der Waals surface area contributed by atoms with Crippen molar-refractivity contribution >= 4 is 0 Å². The van der Waals surface area contributed by atoms with E-state index < -0.39 is 23.9 Å². The molecular formula is C23H21F4N5O2. The minimum atomic E-state index is -4.57. The highest BCUT2D eigenvalue weighted by Crippen LogP contribution is 2.42. The van der Waals surface area contributed by atoms with Crippen LogP contribution in [0.15, 0.2) is 49.1 Å². The van der Waals surface area contributed by atoms with Gasteiger partial charge in [0.05, 0.1) is 24.8 Å². The third kappa shape index (κ3) is 4.45. The van der Waals surface area contributed by atoms with Gasteiger partial charge in [0.2, 0.25) is 5.88 Å². The van der Waals surface area contributed by atoms with Crippen LogP contribution in [0.25, 0.3) is 11.4 Å². The molecule has 3 aliphatic rings. The molecule has 1 aromatic carbocycles. The molecule has 4 heterocycles. The maximum atomic E-state index is 13.3. The number of hydrogen-bond donors (Lipinski definition) is 1. The van der Waals surface area contributed by atoms with Crippen molar-refractivity contribution in [3.63, 3.8) is 0 Å². The van der Waals surface area contributed by atoms with Gasteiger partial charge in [0.1, 0.15) is 12.3 Å². The van der Waals surface area contributed by atoms with Crippen LogP contribution < -0.4 is 4.74 Å². The molecule has 1 N–H and O–H groups in total. The second-order valence-corrected chi connectivity index (χ2v) is 8.52. The summed E-state index contributed by atoms with van der Waals surface area (Å²) < 4.78 is 57.6. The summed E-state index contributed by atoms with van der Waals surface area (Å²) in [5.74, 6) is 0.00826. The topological polar surface area (TPSA) is 84.3 Å². The summed E-state index contributed by atoms with van der Waals surface area (Å²) in [6, 6.07) is 6.94. The number of fused-ring (bicyclic) bond motifs is 3. The third-order valence-electron chi connectivity index (χ3n) is 6.37. The predicted molar refractivity (Wildman–Crippen MR) is 112 cm³/mol. The molecule has 6 rings (SSSR count). The SMILES string of the molecule is OC(c1ccccc1-c1ncc(F)cn1)N1CC2CCC1C(Oc1cnc(C(F)(F)F)cn1)C2. The van der Waals surface area contributed by atoms with Gasteiger partial charge in [0.25, 0.3) is 0 Å². The first kappa shape index (κ1) is 22.6. The molecule has 4 unspecified atom stereocenters. The summed E-state index contributed by atoms with van der Waals surface area (Å²) >= 11 is 0. The van der Waals surface area contributed by atoms with Crippen molar-refractivity contribution in [2.45, 2.75) is 43.8 Å². The largest absolute Gasteiger partial charge is 0.472 e. The Labute approximate surface area is 192 Å². The Kier molecular flexibility index (Phi) is 5.90. The Balaban J connectivity index is 1.37. The lowest BCUT2D eigenvalue weighted by Crippen LogP contribution is -2.58. The highest BCUT2D eigenvalue weighted by Gasteiger charge is 2.45. The van der Waals surface area contributed by atoms with E-state index in [1.165, 1.54) is 0 Å². The van der Waals surface area contributed by atoms with E-state index in [-0.39, 0.29) is 23.9 Å². The minimum Gasteiger partial charge on any atom is -0.472 e. The van der Waals surface area contributed by atoms with Crippen LogP contribution in [0.4, 0.5) is 17.6 Å². The Morgan fingerprint density at radius 2 is 1.76 bits per heavy atom. The van der Waals surface area contributed by atoms with Crippen molar-refractivity contribution < 1.29 is 27.4 Å². The monoisotopic (exact) mass is 475 g/mol. The lowest BCUT2D eigenvalue weighted by molar-refractivity contribution is -0.141. The Hall–Kier alpha value is -3.18. The number of piperidine rings is 2. The molecule has 3 fully saturated rings. The molecule has 178 valence electrons. The van der Waals surface area contributed by atoms with Gasteiger partial charge in [-0.25, -0.2) is 24.3 Å². The summed E-state index contributed by atoms with van der Waals surface area (Å²) in [7, 11) is 0. The zero-order chi connectivity index (χ0) is 23.9. The second-order valence-electron chi connectivity index (χ2n) is 8.52. The Morgan fingerprint density at radius 1 is 1.00 bits per heavy atom. The van der Waals surface area contributed by atoms with Crippen LogP contribution >= 0.6 is 0 Å². The Bertz CT molecular complexity index is 1140. The quantitative estimate of drug-likeness (QED) is 0.558. The van der Waals surface area contributed by atoms with Crippen LogP contribution in [0.1, 0.15) is 36.7 Å². The first-order chi connectivity index (χ1) is 16.3. The van der Waals surface area contributed by atoms with Crippen molar-refractivity contribution in [1.29, 1.82) is 0 Å². The van der Waals surface area contributed by atoms with Crippen LogP contribution in [-0.2, 0) is 6.18 Å². The van der Waals surface area contributed by atoms with Crippen LogP contribution in [0.3, 0.4) is 0 Å². The van der Waals surface area contributed by atoms with E-state index in [0.717, 1.165) is 31.4 Å². The standard InChI is InChI=1S/C23H21F4N5O2/c24-14-8-30-21(31-9-14)15-3-1-2-4-16(15)22(33)32-12-13-5-6-17(32)18(7-13)34-20-11-28-19(10-29-20)23(25,26)27/h1-4,8-11,13,17-18,22,33H,5-7,12H2. The molecule has 4 atom stereocenters. The highest BCUT2D eigenvalue weighted by molar-refractivity contribution is 5.60. The van der Waals surface area contributed by atoms with Crippen molar-refractivity contribution in [3.8, 4) is 17.3 Å². The van der Waals surface area contributed by atoms with Gasteiger partial charge in [0.15, 0.2) is 17.3 Å². The number of rotatable bonds is 5. The number of nitrogens with zero attached hydrogens (tertiary/aromatic N) is 5. The molecule has 34 heavy (non-hydrogen) atoms. The lowest BCUT2D eigenvalue weighted by atomic mass is 9.77. The van der Waals surface area contributed by atoms with Crippen LogP contribution in [0, 0.1) is 11.7 Å². The predicted octanol–water partition coefficient (Wildman–Crippen LogP) is 4.01. The average molecular weight is 475 g/mol. The van der Waals surface area contributed by atoms with Crippen LogP contribution in [0.5, 0.6) is 5.88 Å². The Morgan fingerprint density at radius 3 is 2.44 bits per heavy atom. The van der Waals surface area contributed by atoms with Gasteiger partial charge < -0.3 is 9.84 Å². The molecule has 0 radical (unpaired) electrons. The number of halogens is 4. The number of aliphatic hydroxyl groups excluding tert-OH is 1. The van der Waals surface area contributed by atoms with Gasteiger partial charge in [-0.1, -0.05) is 24.3 Å². The fourth-order valence-corrected chi connectivity index (χ4v) is 4.82. The van der Waals surface area contributed by atoms with E-state index in [9.17, 15) is 22.7 Å². The molecular weight excluding hydrogens is 454 g/mol. The average Bonchev–Trinajstić information content (AvgIpc) is 2.84. The summed E-state index contributed by atoms with van der Waals surface area (Å²) in [5.41, 5.74) is 0.0823. The zero-order valence-corrected chi connectivity index (χ0v) is 17.9. The highest BCUT2D eigenvalue weighted by atomic mass is 19.4. The smallest absolute Gasteiger partial charge is 0.434 e. The summed E-state index contributed by atoms with van der Waals surface area (Å²) in [5, 5.41) is 11.4. The zero-order valence-electron chi connectivity index (χ0n) is 17.9. The van der Waals surface area contributed by atoms with Crippen LogP contribution in [-0.4, -0.2) is 48.6 Å². The maximum Gasteiger partial charge on any atom is 0.434 e. The second kappa shape index (κ2) is 8.88. The lowest BCUT2D eigenvalue weighted by Gasteiger charge is -2.51. The van der Waals surface area contributed by atoms with Crippen molar-refractivity contribution in [2.24, 2.45) is 5.92 Å². The number of hydrogen-bond acceptors (Lipinski definition) is 7. The van der Waals surface area contributed by atoms with E-state index in [1.54, 1.807) is 24.3 Å². The summed E-state index contributed by atoms with van der Waals surface area (Å²) in [4.78, 5) is 17.2. The number of ether oxygens (including phenoxy) is 1. The molecule has 2 aromatic heterocycles. The van der Waals surface area contributed by atoms with Crippen molar-refractivity contribution in [1.82, 2.24) is 24.8 Å². The maximum absolute atomic E-state index is 13.3. The van der Waals surface area contributed by atoms with Gasteiger partial charge in [-0.3, -0.25) is 4.90 Å². The molecule has 2 saturated heterocycles. The number of benzene rings is 1. The molecule has 0 amide bonds. The van der Waals surface area contributed by atoms with Gasteiger partial charge in [-0.05, 0) is 25.2 Å². The normalized spacial score (nSPS) is 23.6. The molecule has 1 saturated carbocycles. The number of alkyl halides is 3. The first-order valence-electron chi connectivity index (χ1n) is 10.9. The van der Waals surface area contributed by atoms with E-state index in [1.807, 2.05) is 4.90 Å². The molecule has 1 aliphatic carbocycles. The van der Waals surface area contributed by atoms with Gasteiger partial charge in [-0.2, -0.15) is 13.2 Å². The molecule has 0 spiro atoms. The molecule has 7 nitrogen and oxygen atoms in total. The summed E-state index contributed by atoms with van der Waals surface area (Å²) in [6.45, 7) is 0.642.